The second-order valence-corrected chi connectivity index (χ2v) is 10.6. The van der Waals surface area contributed by atoms with Gasteiger partial charge in [-0.15, -0.1) is 0 Å². The Balaban J connectivity index is 1.33. The molecule has 0 unspecified atom stereocenters. The fourth-order valence-electron chi connectivity index (χ4n) is 4.21. The van der Waals surface area contributed by atoms with Gasteiger partial charge in [-0.2, -0.15) is 0 Å². The summed E-state index contributed by atoms with van der Waals surface area (Å²) in [7, 11) is -3.62. The van der Waals surface area contributed by atoms with Crippen LogP contribution < -0.4 is 4.74 Å². The van der Waals surface area contributed by atoms with Crippen molar-refractivity contribution in [2.75, 3.05) is 19.7 Å². The Hall–Kier alpha value is -3.16. The fourth-order valence-corrected chi connectivity index (χ4v) is 5.47. The molecule has 0 radical (unpaired) electrons. The molecule has 3 aromatic rings. The van der Waals surface area contributed by atoms with Crippen molar-refractivity contribution in [3.05, 3.63) is 90.0 Å². The molecule has 7 heteroatoms. The van der Waals surface area contributed by atoms with Gasteiger partial charge >= 0.3 is 5.97 Å². The van der Waals surface area contributed by atoms with Crippen molar-refractivity contribution in [1.82, 2.24) is 4.90 Å². The lowest BCUT2D eigenvalue weighted by Gasteiger charge is -2.30. The van der Waals surface area contributed by atoms with E-state index in [9.17, 15) is 13.2 Å². The van der Waals surface area contributed by atoms with Crippen molar-refractivity contribution in [3.8, 4) is 5.75 Å². The molecule has 0 atom stereocenters. The van der Waals surface area contributed by atoms with Gasteiger partial charge in [-0.1, -0.05) is 42.5 Å². The van der Waals surface area contributed by atoms with Gasteiger partial charge < -0.3 is 9.47 Å². The zero-order chi connectivity index (χ0) is 24.7. The van der Waals surface area contributed by atoms with Crippen molar-refractivity contribution < 1.29 is 22.7 Å². The zero-order valence-corrected chi connectivity index (χ0v) is 20.7. The van der Waals surface area contributed by atoms with Gasteiger partial charge in [-0.25, -0.2) is 8.42 Å². The summed E-state index contributed by atoms with van der Waals surface area (Å²) in [6, 6.07) is 23.4. The summed E-state index contributed by atoms with van der Waals surface area (Å²) in [5.74, 6) is 0.501. The lowest BCUT2D eigenvalue weighted by Crippen LogP contribution is -2.36. The molecule has 4 rings (SSSR count). The number of piperidine rings is 1. The molecule has 1 saturated heterocycles. The first-order valence-corrected chi connectivity index (χ1v) is 13.4. The van der Waals surface area contributed by atoms with Crippen LogP contribution in [0.3, 0.4) is 0 Å². The van der Waals surface area contributed by atoms with Gasteiger partial charge in [-0.05, 0) is 80.4 Å². The first-order valence-electron chi connectivity index (χ1n) is 12.0. The van der Waals surface area contributed by atoms with Crippen LogP contribution in [0.15, 0.2) is 88.7 Å². The maximum absolute atomic E-state index is 13.1. The van der Waals surface area contributed by atoms with Crippen LogP contribution in [0.4, 0.5) is 0 Å². The van der Waals surface area contributed by atoms with Gasteiger partial charge in [0.15, 0.2) is 0 Å². The Labute approximate surface area is 207 Å². The maximum atomic E-state index is 13.1. The summed E-state index contributed by atoms with van der Waals surface area (Å²) in [6.45, 7) is 5.04. The smallest absolute Gasteiger partial charge is 0.309 e. The van der Waals surface area contributed by atoms with Crippen molar-refractivity contribution in [2.45, 2.75) is 42.7 Å². The molecule has 3 aromatic carbocycles. The van der Waals surface area contributed by atoms with Crippen LogP contribution in [-0.2, 0) is 32.5 Å². The summed E-state index contributed by atoms with van der Waals surface area (Å²) in [6.07, 6.45) is 1.58. The zero-order valence-electron chi connectivity index (χ0n) is 19.9. The van der Waals surface area contributed by atoms with Gasteiger partial charge in [0.1, 0.15) is 12.4 Å². The van der Waals surface area contributed by atoms with Crippen LogP contribution in [0, 0.1) is 5.92 Å². The molecule has 6 nitrogen and oxygen atoms in total. The fraction of sp³-hybridized carbons (Fsp3) is 0.321. The van der Waals surface area contributed by atoms with Crippen molar-refractivity contribution in [3.63, 3.8) is 0 Å². The molecular formula is C28H31NO5S. The van der Waals surface area contributed by atoms with Gasteiger partial charge in [0.25, 0.3) is 0 Å². The second kappa shape index (κ2) is 11.5. The van der Waals surface area contributed by atoms with Crippen molar-refractivity contribution >= 4 is 15.8 Å². The molecule has 1 heterocycles. The molecule has 0 aliphatic carbocycles. The molecule has 0 aromatic heterocycles. The molecule has 0 N–H and O–H groups in total. The van der Waals surface area contributed by atoms with E-state index >= 15 is 0 Å². The number of ether oxygens (including phenoxy) is 2. The topological polar surface area (TPSA) is 72.9 Å². The molecule has 1 fully saturated rings. The van der Waals surface area contributed by atoms with Gasteiger partial charge in [-0.3, -0.25) is 9.69 Å². The number of rotatable bonds is 9. The third kappa shape index (κ3) is 6.50. The van der Waals surface area contributed by atoms with E-state index in [1.165, 1.54) is 0 Å². The Morgan fingerprint density at radius 2 is 1.46 bits per heavy atom. The molecule has 0 amide bonds. The Kier molecular flexibility index (Phi) is 8.21. The van der Waals surface area contributed by atoms with Crippen molar-refractivity contribution in [2.24, 2.45) is 5.92 Å². The van der Waals surface area contributed by atoms with E-state index in [0.717, 1.165) is 43.6 Å². The lowest BCUT2D eigenvalue weighted by molar-refractivity contribution is -0.149. The van der Waals surface area contributed by atoms with Crippen LogP contribution in [0.2, 0.25) is 0 Å². The van der Waals surface area contributed by atoms with Gasteiger partial charge in [0.05, 0.1) is 22.3 Å². The number of carbonyl (C=O) groups excluding carboxylic acids is 1. The molecule has 1 aliphatic rings. The van der Waals surface area contributed by atoms with E-state index < -0.39 is 9.84 Å². The number of hydrogen-bond donors (Lipinski definition) is 0. The highest BCUT2D eigenvalue weighted by molar-refractivity contribution is 7.91. The first-order chi connectivity index (χ1) is 17.0. The predicted molar refractivity (Wildman–Crippen MR) is 134 cm³/mol. The number of benzene rings is 3. The minimum Gasteiger partial charge on any atom is -0.489 e. The van der Waals surface area contributed by atoms with Gasteiger partial charge in [0, 0.05) is 6.54 Å². The number of likely N-dealkylation sites (tertiary alicyclic amines) is 1. The number of carbonyl (C=O) groups is 1. The van der Waals surface area contributed by atoms with Crippen LogP contribution in [-0.4, -0.2) is 39.0 Å². The van der Waals surface area contributed by atoms with Crippen LogP contribution in [0.5, 0.6) is 5.75 Å². The first kappa shape index (κ1) is 24.9. The number of esters is 1. The summed E-state index contributed by atoms with van der Waals surface area (Å²) in [4.78, 5) is 14.7. The average Bonchev–Trinajstić information content (AvgIpc) is 2.89. The number of sulfone groups is 1. The molecule has 1 aliphatic heterocycles. The predicted octanol–water partition coefficient (Wildman–Crippen LogP) is 4.87. The van der Waals surface area contributed by atoms with Crippen LogP contribution >= 0.6 is 0 Å². The van der Waals surface area contributed by atoms with E-state index in [0.29, 0.717) is 19.0 Å². The summed E-state index contributed by atoms with van der Waals surface area (Å²) in [5, 5.41) is 0. The normalized spacial score (nSPS) is 15.0. The standard InChI is InChI=1S/C28H31NO5S/c1-2-33-28(30)24-16-18-29(19-17-24)20-22-8-12-26(13-9-22)35(31,32)27-14-10-25(11-15-27)34-21-23-6-4-3-5-7-23/h3-15,24H,2,16-21H2,1H3. The highest BCUT2D eigenvalue weighted by Crippen LogP contribution is 2.25. The van der Waals surface area contributed by atoms with Crippen LogP contribution in [0.25, 0.3) is 0 Å². The monoisotopic (exact) mass is 493 g/mol. The van der Waals surface area contributed by atoms with E-state index in [4.69, 9.17) is 9.47 Å². The van der Waals surface area contributed by atoms with E-state index in [2.05, 4.69) is 4.90 Å². The average molecular weight is 494 g/mol. The summed E-state index contributed by atoms with van der Waals surface area (Å²) < 4.78 is 37.1. The van der Waals surface area contributed by atoms with Crippen molar-refractivity contribution in [1.29, 1.82) is 0 Å². The van der Waals surface area contributed by atoms with Crippen LogP contribution in [0.1, 0.15) is 30.9 Å². The Bertz CT molecular complexity index is 1200. The SMILES string of the molecule is CCOC(=O)C1CCN(Cc2ccc(S(=O)(=O)c3ccc(OCc4ccccc4)cc3)cc2)CC1. The quantitative estimate of drug-likeness (QED) is 0.396. The summed E-state index contributed by atoms with van der Waals surface area (Å²) in [5.41, 5.74) is 2.09. The van der Waals surface area contributed by atoms with E-state index in [1.54, 1.807) is 36.4 Å². The highest BCUT2D eigenvalue weighted by Gasteiger charge is 2.26. The van der Waals surface area contributed by atoms with Gasteiger partial charge in [0.2, 0.25) is 9.84 Å². The number of hydrogen-bond acceptors (Lipinski definition) is 6. The molecule has 35 heavy (non-hydrogen) atoms. The molecule has 0 bridgehead atoms. The largest absolute Gasteiger partial charge is 0.489 e. The molecular weight excluding hydrogens is 462 g/mol. The lowest BCUT2D eigenvalue weighted by atomic mass is 9.96. The Morgan fingerprint density at radius 3 is 2.06 bits per heavy atom. The molecule has 184 valence electrons. The highest BCUT2D eigenvalue weighted by atomic mass is 32.2. The minimum atomic E-state index is -3.62. The molecule has 0 saturated carbocycles. The van der Waals surface area contributed by atoms with E-state index in [1.807, 2.05) is 49.4 Å². The third-order valence-corrected chi connectivity index (χ3v) is 8.02. The number of nitrogens with zero attached hydrogens (tertiary/aromatic N) is 1. The molecule has 0 spiro atoms. The third-order valence-electron chi connectivity index (χ3n) is 6.23. The minimum absolute atomic E-state index is 0.0196. The summed E-state index contributed by atoms with van der Waals surface area (Å²) >= 11 is 0. The Morgan fingerprint density at radius 1 is 0.857 bits per heavy atom. The van der Waals surface area contributed by atoms with E-state index in [-0.39, 0.29) is 21.7 Å². The maximum Gasteiger partial charge on any atom is 0.309 e. The second-order valence-electron chi connectivity index (χ2n) is 8.70.